The fourth-order valence-corrected chi connectivity index (χ4v) is 5.65. The lowest BCUT2D eigenvalue weighted by atomic mass is 9.77. The zero-order chi connectivity index (χ0) is 23.7. The van der Waals surface area contributed by atoms with Gasteiger partial charge in [-0.25, -0.2) is 4.79 Å². The van der Waals surface area contributed by atoms with Crippen molar-refractivity contribution in [1.29, 1.82) is 0 Å². The van der Waals surface area contributed by atoms with Crippen LogP contribution in [0.4, 0.5) is 4.79 Å². The number of carboxylic acids is 1. The van der Waals surface area contributed by atoms with E-state index in [1.807, 2.05) is 24.3 Å². The van der Waals surface area contributed by atoms with Crippen molar-refractivity contribution in [1.82, 2.24) is 10.6 Å². The van der Waals surface area contributed by atoms with Gasteiger partial charge in [0.2, 0.25) is 5.91 Å². The van der Waals surface area contributed by atoms with Gasteiger partial charge in [-0.05, 0) is 47.9 Å². The van der Waals surface area contributed by atoms with E-state index in [9.17, 15) is 14.4 Å². The van der Waals surface area contributed by atoms with Gasteiger partial charge < -0.3 is 20.5 Å². The molecule has 2 aromatic carbocycles. The Labute approximate surface area is 198 Å². The van der Waals surface area contributed by atoms with Crippen LogP contribution in [-0.2, 0) is 14.3 Å². The van der Waals surface area contributed by atoms with Gasteiger partial charge in [-0.15, -0.1) is 0 Å². The molecule has 5 rings (SSSR count). The van der Waals surface area contributed by atoms with Crippen LogP contribution in [0.1, 0.15) is 62.0 Å². The molecular formula is C27H30N2O5. The molecule has 178 valence electrons. The monoisotopic (exact) mass is 462 g/mol. The zero-order valence-corrected chi connectivity index (χ0v) is 19.1. The molecule has 7 nitrogen and oxygen atoms in total. The summed E-state index contributed by atoms with van der Waals surface area (Å²) in [5.41, 5.74) is 3.60. The molecule has 0 unspecified atom stereocenters. The molecule has 2 amide bonds. The molecule has 0 spiro atoms. The number of aliphatic carboxylic acids is 1. The summed E-state index contributed by atoms with van der Waals surface area (Å²) in [6.07, 6.45) is 4.10. The number of hydrogen-bond acceptors (Lipinski definition) is 4. The highest BCUT2D eigenvalue weighted by Crippen LogP contribution is 2.44. The number of alkyl carbamates (subject to hydrolysis) is 1. The minimum absolute atomic E-state index is 0.0442. The van der Waals surface area contributed by atoms with Crippen molar-refractivity contribution in [2.75, 3.05) is 6.61 Å². The first kappa shape index (κ1) is 22.4. The summed E-state index contributed by atoms with van der Waals surface area (Å²) >= 11 is 0. The van der Waals surface area contributed by atoms with Crippen LogP contribution >= 0.6 is 0 Å². The Bertz CT molecular complexity index is 1060. The summed E-state index contributed by atoms with van der Waals surface area (Å²) < 4.78 is 5.70. The van der Waals surface area contributed by atoms with Crippen LogP contribution in [0.3, 0.4) is 0 Å². The first-order valence-electron chi connectivity index (χ1n) is 12.1. The van der Waals surface area contributed by atoms with Crippen LogP contribution in [-0.4, -0.2) is 41.3 Å². The lowest BCUT2D eigenvalue weighted by Gasteiger charge is -2.40. The SMILES string of the molecule is O=C(NC1(C(=O)NC2CC(C(=O)O)C2)CCCCC1)OCC1c2ccccc2-c2ccccc21. The molecule has 0 saturated heterocycles. The number of fused-ring (bicyclic) bond motifs is 3. The fraction of sp³-hybridized carbons (Fsp3) is 0.444. The Hall–Kier alpha value is -3.35. The molecule has 0 aromatic heterocycles. The van der Waals surface area contributed by atoms with Gasteiger partial charge in [-0.1, -0.05) is 67.8 Å². The van der Waals surface area contributed by atoms with Crippen molar-refractivity contribution >= 4 is 18.0 Å². The molecule has 2 fully saturated rings. The summed E-state index contributed by atoms with van der Waals surface area (Å²) in [6.45, 7) is 0.195. The third-order valence-corrected chi connectivity index (χ3v) is 7.65. The maximum atomic E-state index is 13.2. The van der Waals surface area contributed by atoms with Gasteiger partial charge in [0.05, 0.1) is 5.92 Å². The summed E-state index contributed by atoms with van der Waals surface area (Å²) in [5.74, 6) is -1.50. The average molecular weight is 463 g/mol. The van der Waals surface area contributed by atoms with Gasteiger partial charge in [0.1, 0.15) is 12.1 Å². The highest BCUT2D eigenvalue weighted by molar-refractivity contribution is 5.90. The molecular weight excluding hydrogens is 432 g/mol. The molecule has 0 aliphatic heterocycles. The topological polar surface area (TPSA) is 105 Å². The predicted molar refractivity (Wildman–Crippen MR) is 126 cm³/mol. The number of carboxylic acid groups (broad SMARTS) is 1. The maximum Gasteiger partial charge on any atom is 0.408 e. The Balaban J connectivity index is 1.24. The number of carbonyl (C=O) groups is 3. The molecule has 0 bridgehead atoms. The van der Waals surface area contributed by atoms with Gasteiger partial charge >= 0.3 is 12.1 Å². The van der Waals surface area contributed by atoms with Gasteiger partial charge in [0, 0.05) is 12.0 Å². The molecule has 0 atom stereocenters. The van der Waals surface area contributed by atoms with Crippen molar-refractivity contribution in [2.45, 2.75) is 62.4 Å². The first-order valence-corrected chi connectivity index (χ1v) is 12.1. The molecule has 7 heteroatoms. The van der Waals surface area contributed by atoms with E-state index in [1.165, 1.54) is 0 Å². The zero-order valence-electron chi connectivity index (χ0n) is 19.1. The van der Waals surface area contributed by atoms with Crippen LogP contribution in [0, 0.1) is 5.92 Å². The molecule has 0 heterocycles. The number of amides is 2. The van der Waals surface area contributed by atoms with Gasteiger partial charge in [0.15, 0.2) is 0 Å². The van der Waals surface area contributed by atoms with Crippen molar-refractivity contribution in [3.05, 3.63) is 59.7 Å². The van der Waals surface area contributed by atoms with E-state index in [4.69, 9.17) is 9.84 Å². The molecule has 3 aliphatic rings. The summed E-state index contributed by atoms with van der Waals surface area (Å²) in [5, 5.41) is 15.0. The van der Waals surface area contributed by atoms with Crippen molar-refractivity contribution in [2.24, 2.45) is 5.92 Å². The first-order chi connectivity index (χ1) is 16.5. The Morgan fingerprint density at radius 1 is 0.912 bits per heavy atom. The van der Waals surface area contributed by atoms with Crippen LogP contribution < -0.4 is 10.6 Å². The lowest BCUT2D eigenvalue weighted by molar-refractivity contribution is -0.146. The van der Waals surface area contributed by atoms with E-state index >= 15 is 0 Å². The van der Waals surface area contributed by atoms with Crippen LogP contribution in [0.15, 0.2) is 48.5 Å². The summed E-state index contributed by atoms with van der Waals surface area (Å²) in [7, 11) is 0. The Morgan fingerprint density at radius 3 is 2.09 bits per heavy atom. The highest BCUT2D eigenvalue weighted by atomic mass is 16.5. The molecule has 0 radical (unpaired) electrons. The van der Waals surface area contributed by atoms with Gasteiger partial charge in [0.25, 0.3) is 0 Å². The van der Waals surface area contributed by atoms with Gasteiger partial charge in [-0.2, -0.15) is 0 Å². The van der Waals surface area contributed by atoms with E-state index in [0.717, 1.165) is 41.5 Å². The molecule has 2 saturated carbocycles. The van der Waals surface area contributed by atoms with Crippen LogP contribution in [0.5, 0.6) is 0 Å². The second-order valence-electron chi connectivity index (χ2n) is 9.77. The minimum atomic E-state index is -1.00. The average Bonchev–Trinajstić information content (AvgIpc) is 3.13. The molecule has 34 heavy (non-hydrogen) atoms. The second-order valence-corrected chi connectivity index (χ2v) is 9.77. The summed E-state index contributed by atoms with van der Waals surface area (Å²) in [4.78, 5) is 37.2. The number of nitrogens with one attached hydrogen (secondary N) is 2. The second kappa shape index (κ2) is 9.12. The van der Waals surface area contributed by atoms with E-state index in [0.29, 0.717) is 25.7 Å². The van der Waals surface area contributed by atoms with Crippen molar-refractivity contribution in [3.63, 3.8) is 0 Å². The maximum absolute atomic E-state index is 13.2. The summed E-state index contributed by atoms with van der Waals surface area (Å²) in [6, 6.07) is 16.2. The van der Waals surface area contributed by atoms with E-state index < -0.39 is 23.5 Å². The van der Waals surface area contributed by atoms with Gasteiger partial charge in [-0.3, -0.25) is 9.59 Å². The smallest absolute Gasteiger partial charge is 0.408 e. The third-order valence-electron chi connectivity index (χ3n) is 7.65. The number of benzene rings is 2. The molecule has 3 aliphatic carbocycles. The van der Waals surface area contributed by atoms with E-state index in [-0.39, 0.29) is 24.5 Å². The van der Waals surface area contributed by atoms with E-state index in [1.54, 1.807) is 0 Å². The Kier molecular flexibility index (Phi) is 6.02. The minimum Gasteiger partial charge on any atom is -0.481 e. The van der Waals surface area contributed by atoms with Crippen LogP contribution in [0.2, 0.25) is 0 Å². The molecule has 3 N–H and O–H groups in total. The normalized spacial score (nSPS) is 22.6. The number of carbonyl (C=O) groups excluding carboxylic acids is 2. The Morgan fingerprint density at radius 2 is 1.50 bits per heavy atom. The third kappa shape index (κ3) is 4.15. The number of rotatable bonds is 6. The number of hydrogen-bond donors (Lipinski definition) is 3. The van der Waals surface area contributed by atoms with Crippen molar-refractivity contribution in [3.8, 4) is 11.1 Å². The fourth-order valence-electron chi connectivity index (χ4n) is 5.65. The number of ether oxygens (including phenoxy) is 1. The largest absolute Gasteiger partial charge is 0.481 e. The van der Waals surface area contributed by atoms with Crippen LogP contribution in [0.25, 0.3) is 11.1 Å². The molecule has 2 aromatic rings. The van der Waals surface area contributed by atoms with Crippen molar-refractivity contribution < 1.29 is 24.2 Å². The highest BCUT2D eigenvalue weighted by Gasteiger charge is 2.44. The quantitative estimate of drug-likeness (QED) is 0.597. The van der Waals surface area contributed by atoms with E-state index in [2.05, 4.69) is 34.9 Å². The lowest BCUT2D eigenvalue weighted by Crippen LogP contribution is -2.62. The standard InChI is InChI=1S/C27H30N2O5/c30-24(31)17-14-18(15-17)28-25(32)27(12-6-1-7-13-27)29-26(33)34-16-23-21-10-4-2-8-19(21)20-9-3-5-11-22(20)23/h2-5,8-11,17-18,23H,1,6-7,12-16H2,(H,28,32)(H,29,33)(H,30,31). The predicted octanol–water partition coefficient (Wildman–Crippen LogP) is 4.21.